The van der Waals surface area contributed by atoms with Crippen LogP contribution in [-0.2, 0) is 29.7 Å². The van der Waals surface area contributed by atoms with Crippen LogP contribution in [0.1, 0.15) is 11.3 Å². The first-order chi connectivity index (χ1) is 12.1. The van der Waals surface area contributed by atoms with Gasteiger partial charge in [0.05, 0.1) is 18.8 Å². The fraction of sp³-hybridized carbons (Fsp3) is 0.176. The number of benzene rings is 1. The van der Waals surface area contributed by atoms with E-state index >= 15 is 0 Å². The number of hydrogen-bond donors (Lipinski definition) is 2. The van der Waals surface area contributed by atoms with Gasteiger partial charge < -0.3 is 10.6 Å². The van der Waals surface area contributed by atoms with E-state index in [2.05, 4.69) is 20.8 Å². The maximum atomic E-state index is 12.0. The molecule has 2 aromatic heterocycles. The average molecular weight is 338 g/mol. The van der Waals surface area contributed by atoms with Crippen LogP contribution < -0.4 is 10.6 Å². The maximum Gasteiger partial charge on any atom is 0.313 e. The highest BCUT2D eigenvalue weighted by Gasteiger charge is 2.14. The summed E-state index contributed by atoms with van der Waals surface area (Å²) in [4.78, 5) is 24.0. The third kappa shape index (κ3) is 4.31. The van der Waals surface area contributed by atoms with Gasteiger partial charge in [0.15, 0.2) is 0 Å². The molecule has 0 saturated carbocycles. The van der Waals surface area contributed by atoms with E-state index in [1.807, 2.05) is 30.5 Å². The molecule has 0 atom stereocenters. The molecule has 0 bridgehead atoms. The van der Waals surface area contributed by atoms with Crippen LogP contribution in [0, 0.1) is 0 Å². The van der Waals surface area contributed by atoms with Crippen LogP contribution in [0.25, 0.3) is 0 Å². The van der Waals surface area contributed by atoms with Gasteiger partial charge in [0.2, 0.25) is 0 Å². The summed E-state index contributed by atoms with van der Waals surface area (Å²) in [7, 11) is 1.77. The molecule has 8 heteroatoms. The van der Waals surface area contributed by atoms with Crippen molar-refractivity contribution >= 4 is 17.5 Å². The number of aryl methyl sites for hydroxylation is 1. The highest BCUT2D eigenvalue weighted by molar-refractivity contribution is 6.39. The molecule has 3 aromatic rings. The van der Waals surface area contributed by atoms with E-state index in [9.17, 15) is 9.59 Å². The summed E-state index contributed by atoms with van der Waals surface area (Å²) in [6.07, 6.45) is 5.20. The topological polar surface area (TPSA) is 93.8 Å². The average Bonchev–Trinajstić information content (AvgIpc) is 3.24. The smallest absolute Gasteiger partial charge is 0.313 e. The highest BCUT2D eigenvalue weighted by atomic mass is 16.2. The first-order valence-electron chi connectivity index (χ1n) is 7.74. The Hall–Kier alpha value is -3.42. The van der Waals surface area contributed by atoms with E-state index in [0.717, 1.165) is 11.3 Å². The SMILES string of the molecule is Cn1nccc1CNC(=O)C(=O)Nc1cccc(Cn2cccn2)c1. The quantitative estimate of drug-likeness (QED) is 0.677. The summed E-state index contributed by atoms with van der Waals surface area (Å²) >= 11 is 0. The van der Waals surface area contributed by atoms with Crippen molar-refractivity contribution in [3.05, 3.63) is 66.2 Å². The predicted molar refractivity (Wildman–Crippen MR) is 91.5 cm³/mol. The molecule has 0 fully saturated rings. The zero-order chi connectivity index (χ0) is 17.6. The molecule has 25 heavy (non-hydrogen) atoms. The monoisotopic (exact) mass is 338 g/mol. The minimum atomic E-state index is -0.710. The molecule has 8 nitrogen and oxygen atoms in total. The van der Waals surface area contributed by atoms with Crippen molar-refractivity contribution < 1.29 is 9.59 Å². The molecule has 2 amide bonds. The summed E-state index contributed by atoms with van der Waals surface area (Å²) in [6.45, 7) is 0.825. The van der Waals surface area contributed by atoms with Crippen LogP contribution in [0.3, 0.4) is 0 Å². The Bertz CT molecular complexity index is 869. The van der Waals surface area contributed by atoms with Gasteiger partial charge in [-0.15, -0.1) is 0 Å². The fourth-order valence-electron chi connectivity index (χ4n) is 2.34. The summed E-state index contributed by atoms with van der Waals surface area (Å²) < 4.78 is 3.42. The van der Waals surface area contributed by atoms with E-state index in [1.54, 1.807) is 40.9 Å². The van der Waals surface area contributed by atoms with Crippen LogP contribution in [0.4, 0.5) is 5.69 Å². The van der Waals surface area contributed by atoms with Crippen molar-refractivity contribution in [3.63, 3.8) is 0 Å². The second-order valence-electron chi connectivity index (χ2n) is 5.49. The van der Waals surface area contributed by atoms with Gasteiger partial charge in [-0.25, -0.2) is 0 Å². The maximum absolute atomic E-state index is 12.0. The lowest BCUT2D eigenvalue weighted by Crippen LogP contribution is -2.35. The van der Waals surface area contributed by atoms with Crippen molar-refractivity contribution in [1.82, 2.24) is 24.9 Å². The molecule has 0 saturated heterocycles. The van der Waals surface area contributed by atoms with E-state index in [-0.39, 0.29) is 6.54 Å². The number of nitrogens with zero attached hydrogens (tertiary/aromatic N) is 4. The Morgan fingerprint density at radius 1 is 1.08 bits per heavy atom. The fourth-order valence-corrected chi connectivity index (χ4v) is 2.34. The highest BCUT2D eigenvalue weighted by Crippen LogP contribution is 2.11. The van der Waals surface area contributed by atoms with Crippen LogP contribution in [0.2, 0.25) is 0 Å². The Labute approximate surface area is 144 Å². The van der Waals surface area contributed by atoms with Crippen LogP contribution in [-0.4, -0.2) is 31.4 Å². The molecule has 128 valence electrons. The molecule has 3 rings (SSSR count). The number of anilines is 1. The van der Waals surface area contributed by atoms with Gasteiger partial charge in [0.1, 0.15) is 0 Å². The molecule has 0 unspecified atom stereocenters. The second kappa shape index (κ2) is 7.43. The number of amides is 2. The van der Waals surface area contributed by atoms with Crippen LogP contribution in [0.5, 0.6) is 0 Å². The lowest BCUT2D eigenvalue weighted by Gasteiger charge is -2.08. The van der Waals surface area contributed by atoms with E-state index < -0.39 is 11.8 Å². The summed E-state index contributed by atoms with van der Waals surface area (Å²) in [5.74, 6) is -1.41. The molecular weight excluding hydrogens is 320 g/mol. The number of nitrogens with one attached hydrogen (secondary N) is 2. The lowest BCUT2D eigenvalue weighted by molar-refractivity contribution is -0.136. The molecule has 0 aliphatic heterocycles. The van der Waals surface area contributed by atoms with Crippen molar-refractivity contribution in [2.75, 3.05) is 5.32 Å². The van der Waals surface area contributed by atoms with Gasteiger partial charge in [-0.1, -0.05) is 12.1 Å². The van der Waals surface area contributed by atoms with Crippen molar-refractivity contribution in [2.24, 2.45) is 7.05 Å². The zero-order valence-electron chi connectivity index (χ0n) is 13.7. The minimum Gasteiger partial charge on any atom is -0.342 e. The van der Waals surface area contributed by atoms with Gasteiger partial charge >= 0.3 is 11.8 Å². The van der Waals surface area contributed by atoms with E-state index in [0.29, 0.717) is 12.2 Å². The molecule has 0 spiro atoms. The Balaban J connectivity index is 1.56. The first-order valence-corrected chi connectivity index (χ1v) is 7.74. The van der Waals surface area contributed by atoms with E-state index in [4.69, 9.17) is 0 Å². The molecule has 2 N–H and O–H groups in total. The van der Waals surface area contributed by atoms with Gasteiger partial charge in [-0.2, -0.15) is 10.2 Å². The van der Waals surface area contributed by atoms with Gasteiger partial charge in [-0.05, 0) is 29.8 Å². The molecule has 0 aliphatic rings. The summed E-state index contributed by atoms with van der Waals surface area (Å²) in [5.41, 5.74) is 2.34. The zero-order valence-corrected chi connectivity index (χ0v) is 13.7. The molecule has 0 radical (unpaired) electrons. The minimum absolute atomic E-state index is 0.238. The van der Waals surface area contributed by atoms with Crippen LogP contribution in [0.15, 0.2) is 55.0 Å². The Morgan fingerprint density at radius 2 is 1.96 bits per heavy atom. The Kier molecular flexibility index (Phi) is 4.89. The summed E-state index contributed by atoms with van der Waals surface area (Å²) in [5, 5.41) is 13.3. The largest absolute Gasteiger partial charge is 0.342 e. The molecule has 0 aliphatic carbocycles. The molecule has 1 aromatic carbocycles. The predicted octanol–water partition coefficient (Wildman–Crippen LogP) is 0.920. The molecule has 2 heterocycles. The molecular formula is C17H18N6O2. The lowest BCUT2D eigenvalue weighted by atomic mass is 10.2. The third-order valence-corrected chi connectivity index (χ3v) is 3.65. The standard InChI is InChI=1S/C17H18N6O2/c1-22-15(6-8-19-22)11-18-16(24)17(25)21-14-5-2-4-13(10-14)12-23-9-3-7-20-23/h2-10H,11-12H2,1H3,(H,18,24)(H,21,25). The normalized spacial score (nSPS) is 10.4. The number of aromatic nitrogens is 4. The second-order valence-corrected chi connectivity index (χ2v) is 5.49. The Morgan fingerprint density at radius 3 is 2.68 bits per heavy atom. The number of rotatable bonds is 5. The van der Waals surface area contributed by atoms with E-state index in [1.165, 1.54) is 0 Å². The summed E-state index contributed by atoms with van der Waals surface area (Å²) in [6, 6.07) is 10.9. The van der Waals surface area contributed by atoms with Crippen LogP contribution >= 0.6 is 0 Å². The van der Waals surface area contributed by atoms with Gasteiger partial charge in [0.25, 0.3) is 0 Å². The third-order valence-electron chi connectivity index (χ3n) is 3.65. The van der Waals surface area contributed by atoms with Crippen molar-refractivity contribution in [1.29, 1.82) is 0 Å². The number of carbonyl (C=O) groups is 2. The van der Waals surface area contributed by atoms with Gasteiger partial charge in [-0.3, -0.25) is 19.0 Å². The van der Waals surface area contributed by atoms with Crippen molar-refractivity contribution in [2.45, 2.75) is 13.1 Å². The first kappa shape index (κ1) is 16.4. The van der Waals surface area contributed by atoms with Crippen molar-refractivity contribution in [3.8, 4) is 0 Å². The number of carbonyl (C=O) groups excluding carboxylic acids is 2. The van der Waals surface area contributed by atoms with Gasteiger partial charge in [0, 0.05) is 31.3 Å². The number of hydrogen-bond acceptors (Lipinski definition) is 4.